The average molecular weight is 546 g/mol. The van der Waals surface area contributed by atoms with Crippen LogP contribution in [0.5, 0.6) is 0 Å². The topological polar surface area (TPSA) is 54.4 Å². The Bertz CT molecular complexity index is 909. The number of benzene rings is 1. The van der Waals surface area contributed by atoms with E-state index in [-0.39, 0.29) is 6.04 Å². The number of ether oxygens (including phenoxy) is 2. The first-order valence-corrected chi connectivity index (χ1v) is 15.3. The SMILES string of the molecule is CCCCC1(OC(=O)OC)N=CN(C2CCCCC2)C1CC1CCC(C(c2ccc(Cl)cc2)N(C)C)CC1. The number of hydrogen-bond acceptors (Lipinski definition) is 6. The number of hydrogen-bond donors (Lipinski definition) is 0. The van der Waals surface area contributed by atoms with Crippen molar-refractivity contribution < 1.29 is 14.3 Å². The molecule has 2 saturated carbocycles. The van der Waals surface area contributed by atoms with Gasteiger partial charge in [-0.3, -0.25) is 0 Å². The highest BCUT2D eigenvalue weighted by Crippen LogP contribution is 2.45. The summed E-state index contributed by atoms with van der Waals surface area (Å²) in [6.07, 6.45) is 16.2. The minimum atomic E-state index is -0.840. The molecule has 4 rings (SSSR count). The van der Waals surface area contributed by atoms with Crippen molar-refractivity contribution in [1.82, 2.24) is 9.80 Å². The van der Waals surface area contributed by atoms with Gasteiger partial charge >= 0.3 is 6.16 Å². The van der Waals surface area contributed by atoms with Gasteiger partial charge in [-0.2, -0.15) is 0 Å². The molecule has 0 bridgehead atoms. The Morgan fingerprint density at radius 3 is 2.39 bits per heavy atom. The second-order valence-electron chi connectivity index (χ2n) is 12.0. The van der Waals surface area contributed by atoms with Crippen molar-refractivity contribution in [3.05, 3.63) is 34.9 Å². The molecule has 0 N–H and O–H groups in total. The van der Waals surface area contributed by atoms with E-state index in [4.69, 9.17) is 26.1 Å². The number of unbranched alkanes of at least 4 members (excludes halogenated alkanes) is 1. The van der Waals surface area contributed by atoms with Crippen molar-refractivity contribution in [2.75, 3.05) is 21.2 Å². The normalized spacial score (nSPS) is 29.0. The molecule has 3 atom stereocenters. The summed E-state index contributed by atoms with van der Waals surface area (Å²) >= 11 is 6.18. The third-order valence-electron chi connectivity index (χ3n) is 9.26. The van der Waals surface area contributed by atoms with Crippen LogP contribution in [0.25, 0.3) is 0 Å². The van der Waals surface area contributed by atoms with Crippen LogP contribution in [0.3, 0.4) is 0 Å². The van der Waals surface area contributed by atoms with Gasteiger partial charge in [0.1, 0.15) is 0 Å². The lowest BCUT2D eigenvalue weighted by atomic mass is 9.73. The molecule has 2 aliphatic carbocycles. The van der Waals surface area contributed by atoms with Gasteiger partial charge in [0, 0.05) is 23.5 Å². The lowest BCUT2D eigenvalue weighted by molar-refractivity contribution is -0.0693. The third-order valence-corrected chi connectivity index (χ3v) is 9.52. The molecule has 38 heavy (non-hydrogen) atoms. The number of carbonyl (C=O) groups excluding carboxylic acids is 1. The van der Waals surface area contributed by atoms with Gasteiger partial charge in [0.25, 0.3) is 0 Å². The number of halogens is 1. The molecule has 6 nitrogen and oxygen atoms in total. The minimum absolute atomic E-state index is 0.0821. The maximum Gasteiger partial charge on any atom is 0.510 e. The molecule has 2 fully saturated rings. The van der Waals surface area contributed by atoms with Crippen molar-refractivity contribution >= 4 is 24.1 Å². The van der Waals surface area contributed by atoms with E-state index in [9.17, 15) is 4.79 Å². The van der Waals surface area contributed by atoms with Crippen LogP contribution >= 0.6 is 11.6 Å². The lowest BCUT2D eigenvalue weighted by Gasteiger charge is -2.44. The van der Waals surface area contributed by atoms with E-state index in [2.05, 4.69) is 43.0 Å². The van der Waals surface area contributed by atoms with Crippen molar-refractivity contribution in [2.45, 2.75) is 114 Å². The molecule has 0 saturated heterocycles. The highest BCUT2D eigenvalue weighted by Gasteiger charge is 2.51. The van der Waals surface area contributed by atoms with Gasteiger partial charge in [-0.25, -0.2) is 9.79 Å². The predicted molar refractivity (Wildman–Crippen MR) is 155 cm³/mol. The number of rotatable bonds is 10. The molecule has 1 aromatic rings. The van der Waals surface area contributed by atoms with Crippen molar-refractivity contribution in [3.8, 4) is 0 Å². The van der Waals surface area contributed by atoms with E-state index < -0.39 is 11.9 Å². The lowest BCUT2D eigenvalue weighted by Crippen LogP contribution is -2.53. The molecule has 1 heterocycles. The zero-order valence-electron chi connectivity index (χ0n) is 23.9. The molecule has 3 unspecified atom stereocenters. The fourth-order valence-electron chi connectivity index (χ4n) is 7.30. The largest absolute Gasteiger partial charge is 0.510 e. The summed E-state index contributed by atoms with van der Waals surface area (Å²) in [7, 11) is 5.77. The third kappa shape index (κ3) is 6.85. The minimum Gasteiger partial charge on any atom is -0.438 e. The molecule has 0 aromatic heterocycles. The zero-order chi connectivity index (χ0) is 27.1. The van der Waals surface area contributed by atoms with Gasteiger partial charge in [0.2, 0.25) is 5.72 Å². The van der Waals surface area contributed by atoms with Gasteiger partial charge in [-0.05, 0) is 82.2 Å². The summed E-state index contributed by atoms with van der Waals surface area (Å²) in [5.74, 6) is 1.21. The second kappa shape index (κ2) is 13.5. The maximum atomic E-state index is 12.4. The number of carbonyl (C=O) groups is 1. The van der Waals surface area contributed by atoms with E-state index in [0.29, 0.717) is 23.9 Å². The molecule has 0 spiro atoms. The number of nitrogens with zero attached hydrogens (tertiary/aromatic N) is 3. The van der Waals surface area contributed by atoms with Gasteiger partial charge in [-0.1, -0.05) is 69.2 Å². The molecule has 212 valence electrons. The molecule has 3 aliphatic rings. The first-order valence-electron chi connectivity index (χ1n) is 14.9. The van der Waals surface area contributed by atoms with Crippen LogP contribution in [0.1, 0.15) is 102 Å². The standard InChI is InChI=1S/C31H48ClN3O3/c1-5-6-20-31(38-30(36)37-4)28(35(22-33-31)27-10-8-7-9-11-27)21-23-12-14-24(15-13-23)29(34(2)3)25-16-18-26(32)19-17-25/h16-19,22-24,27-29H,5-15,20-21H2,1-4H3. The molecule has 0 radical (unpaired) electrons. The van der Waals surface area contributed by atoms with E-state index in [1.807, 2.05) is 18.5 Å². The van der Waals surface area contributed by atoms with Crippen LogP contribution in [-0.4, -0.2) is 61.3 Å². The highest BCUT2D eigenvalue weighted by atomic mass is 35.5. The van der Waals surface area contributed by atoms with Crippen LogP contribution < -0.4 is 0 Å². The Labute approximate surface area is 235 Å². The Balaban J connectivity index is 1.49. The molecule has 0 amide bonds. The second-order valence-corrected chi connectivity index (χ2v) is 12.4. The van der Waals surface area contributed by atoms with Crippen molar-refractivity contribution in [2.24, 2.45) is 16.8 Å². The first-order chi connectivity index (χ1) is 18.4. The molecule has 1 aliphatic heterocycles. The summed E-state index contributed by atoms with van der Waals surface area (Å²) < 4.78 is 11.0. The van der Waals surface area contributed by atoms with Gasteiger partial charge in [0.05, 0.1) is 19.5 Å². The Hall–Kier alpha value is -1.79. The zero-order valence-corrected chi connectivity index (χ0v) is 24.7. The first kappa shape index (κ1) is 29.2. The van der Waals surface area contributed by atoms with Crippen LogP contribution in [0, 0.1) is 11.8 Å². The summed E-state index contributed by atoms with van der Waals surface area (Å²) in [6.45, 7) is 2.18. The van der Waals surface area contributed by atoms with Crippen LogP contribution in [-0.2, 0) is 9.47 Å². The van der Waals surface area contributed by atoms with E-state index >= 15 is 0 Å². The average Bonchev–Trinajstić information content (AvgIpc) is 3.27. The summed E-state index contributed by atoms with van der Waals surface area (Å²) in [5.41, 5.74) is 0.507. The number of aliphatic imine (C=N–C) groups is 1. The van der Waals surface area contributed by atoms with E-state index in [0.717, 1.165) is 30.7 Å². The molecular weight excluding hydrogens is 498 g/mol. The maximum absolute atomic E-state index is 12.4. The highest BCUT2D eigenvalue weighted by molar-refractivity contribution is 6.30. The fourth-order valence-corrected chi connectivity index (χ4v) is 7.42. The van der Waals surface area contributed by atoms with Gasteiger partial charge in [0.15, 0.2) is 0 Å². The van der Waals surface area contributed by atoms with Crippen LogP contribution in [0.2, 0.25) is 5.02 Å². The van der Waals surface area contributed by atoms with Gasteiger partial charge in [-0.15, -0.1) is 0 Å². The summed E-state index contributed by atoms with van der Waals surface area (Å²) in [4.78, 5) is 22.3. The Morgan fingerprint density at radius 2 is 1.79 bits per heavy atom. The van der Waals surface area contributed by atoms with E-state index in [1.165, 1.54) is 70.5 Å². The summed E-state index contributed by atoms with van der Waals surface area (Å²) in [5, 5.41) is 0.789. The molecule has 1 aromatic carbocycles. The Morgan fingerprint density at radius 1 is 1.11 bits per heavy atom. The smallest absolute Gasteiger partial charge is 0.438 e. The van der Waals surface area contributed by atoms with Crippen LogP contribution in [0.15, 0.2) is 29.3 Å². The van der Waals surface area contributed by atoms with Crippen molar-refractivity contribution in [1.29, 1.82) is 0 Å². The number of methoxy groups -OCH3 is 1. The van der Waals surface area contributed by atoms with E-state index in [1.54, 1.807) is 0 Å². The predicted octanol–water partition coefficient (Wildman–Crippen LogP) is 7.85. The molecule has 7 heteroatoms. The van der Waals surface area contributed by atoms with Crippen molar-refractivity contribution in [3.63, 3.8) is 0 Å². The summed E-state index contributed by atoms with van der Waals surface area (Å²) in [6, 6.07) is 9.35. The Kier molecular flexibility index (Phi) is 10.4. The van der Waals surface area contributed by atoms with Crippen LogP contribution in [0.4, 0.5) is 4.79 Å². The van der Waals surface area contributed by atoms with Gasteiger partial charge < -0.3 is 19.3 Å². The fraction of sp³-hybridized carbons (Fsp3) is 0.742. The quantitative estimate of drug-likeness (QED) is 0.280. The molecular formula is C31H48ClN3O3. The monoisotopic (exact) mass is 545 g/mol.